The van der Waals surface area contributed by atoms with Gasteiger partial charge in [0.15, 0.2) is 0 Å². The van der Waals surface area contributed by atoms with E-state index in [1.54, 1.807) is 19.0 Å². The number of aliphatic hydroxyl groups is 1. The Labute approximate surface area is 85.5 Å². The van der Waals surface area contributed by atoms with Crippen LogP contribution in [0.4, 0.5) is 0 Å². The second-order valence-electron chi connectivity index (χ2n) is 4.45. The van der Waals surface area contributed by atoms with Crippen molar-refractivity contribution in [1.82, 2.24) is 9.80 Å². The molecule has 1 heterocycles. The van der Waals surface area contributed by atoms with E-state index in [9.17, 15) is 9.90 Å². The highest BCUT2D eigenvalue weighted by Gasteiger charge is 2.37. The van der Waals surface area contributed by atoms with E-state index >= 15 is 0 Å². The van der Waals surface area contributed by atoms with Crippen molar-refractivity contribution in [3.63, 3.8) is 0 Å². The molecule has 1 N–H and O–H groups in total. The van der Waals surface area contributed by atoms with Crippen LogP contribution in [0.25, 0.3) is 0 Å². The summed E-state index contributed by atoms with van der Waals surface area (Å²) in [5.41, 5.74) is 0. The lowest BCUT2D eigenvalue weighted by Gasteiger charge is -2.20. The van der Waals surface area contributed by atoms with Gasteiger partial charge in [-0.25, -0.2) is 0 Å². The van der Waals surface area contributed by atoms with Gasteiger partial charge in [-0.05, 0) is 13.8 Å². The molecule has 1 aliphatic heterocycles. The molecule has 0 radical (unpaired) electrons. The highest BCUT2D eigenvalue weighted by molar-refractivity contribution is 5.79. The van der Waals surface area contributed by atoms with Crippen LogP contribution in [0.5, 0.6) is 0 Å². The van der Waals surface area contributed by atoms with E-state index in [2.05, 4.69) is 18.7 Å². The first-order valence-corrected chi connectivity index (χ1v) is 5.06. The van der Waals surface area contributed by atoms with Gasteiger partial charge in [0.2, 0.25) is 5.91 Å². The van der Waals surface area contributed by atoms with Crippen molar-refractivity contribution in [2.24, 2.45) is 5.92 Å². The van der Waals surface area contributed by atoms with Crippen molar-refractivity contribution in [2.75, 3.05) is 27.2 Å². The minimum atomic E-state index is -0.507. The van der Waals surface area contributed by atoms with Crippen LogP contribution >= 0.6 is 0 Å². The van der Waals surface area contributed by atoms with Gasteiger partial charge < -0.3 is 10.0 Å². The molecule has 0 saturated carbocycles. The molecule has 0 bridgehead atoms. The average molecular weight is 200 g/mol. The molecule has 1 rings (SSSR count). The Bertz CT molecular complexity index is 216. The topological polar surface area (TPSA) is 43.8 Å². The number of carbonyl (C=O) groups is 1. The molecule has 4 nitrogen and oxygen atoms in total. The van der Waals surface area contributed by atoms with Crippen LogP contribution in [0.3, 0.4) is 0 Å². The van der Waals surface area contributed by atoms with Gasteiger partial charge in [0, 0.05) is 33.2 Å². The van der Waals surface area contributed by atoms with Gasteiger partial charge in [-0.1, -0.05) is 0 Å². The van der Waals surface area contributed by atoms with Gasteiger partial charge in [0.1, 0.15) is 0 Å². The molecule has 14 heavy (non-hydrogen) atoms. The molecule has 1 amide bonds. The van der Waals surface area contributed by atoms with E-state index in [-0.39, 0.29) is 11.8 Å². The fourth-order valence-electron chi connectivity index (χ4n) is 1.81. The van der Waals surface area contributed by atoms with Gasteiger partial charge in [-0.3, -0.25) is 9.69 Å². The normalized spacial score (nSPS) is 28.4. The van der Waals surface area contributed by atoms with E-state index in [0.29, 0.717) is 19.1 Å². The molecule has 0 aromatic carbocycles. The predicted molar refractivity (Wildman–Crippen MR) is 54.9 cm³/mol. The van der Waals surface area contributed by atoms with Crippen LogP contribution in [-0.2, 0) is 4.79 Å². The number of likely N-dealkylation sites (tertiary alicyclic amines) is 1. The zero-order valence-corrected chi connectivity index (χ0v) is 9.40. The number of rotatable bonds is 2. The molecule has 2 unspecified atom stereocenters. The average Bonchev–Trinajstić information content (AvgIpc) is 2.46. The minimum Gasteiger partial charge on any atom is -0.391 e. The third-order valence-electron chi connectivity index (χ3n) is 2.81. The Kier molecular flexibility index (Phi) is 3.50. The predicted octanol–water partition coefficient (Wildman–Crippen LogP) is -0.224. The van der Waals surface area contributed by atoms with Crippen molar-refractivity contribution in [3.8, 4) is 0 Å². The zero-order chi connectivity index (χ0) is 10.9. The van der Waals surface area contributed by atoms with Crippen LogP contribution in [-0.4, -0.2) is 60.1 Å². The van der Waals surface area contributed by atoms with Gasteiger partial charge >= 0.3 is 0 Å². The number of hydrogen-bond acceptors (Lipinski definition) is 3. The molecule has 1 saturated heterocycles. The summed E-state index contributed by atoms with van der Waals surface area (Å²) in [6.07, 6.45) is -0.507. The third-order valence-corrected chi connectivity index (χ3v) is 2.81. The maximum atomic E-state index is 11.7. The number of amides is 1. The van der Waals surface area contributed by atoms with Gasteiger partial charge in [0.05, 0.1) is 12.0 Å². The Balaban J connectivity index is 2.61. The summed E-state index contributed by atoms with van der Waals surface area (Å²) in [6, 6.07) is 0.393. The smallest absolute Gasteiger partial charge is 0.229 e. The van der Waals surface area contributed by atoms with E-state index < -0.39 is 6.10 Å². The molecular weight excluding hydrogens is 180 g/mol. The third kappa shape index (κ3) is 2.25. The summed E-state index contributed by atoms with van der Waals surface area (Å²) in [5.74, 6) is -0.215. The SMILES string of the molecule is CC(C)N1CC(O)C(C(=O)N(C)C)C1. The Hall–Kier alpha value is -0.610. The Morgan fingerprint density at radius 1 is 1.43 bits per heavy atom. The van der Waals surface area contributed by atoms with Crippen molar-refractivity contribution in [3.05, 3.63) is 0 Å². The summed E-state index contributed by atoms with van der Waals surface area (Å²) in [4.78, 5) is 15.4. The molecule has 2 atom stereocenters. The molecule has 4 heteroatoms. The van der Waals surface area contributed by atoms with Crippen molar-refractivity contribution in [2.45, 2.75) is 26.0 Å². The summed E-state index contributed by atoms with van der Waals surface area (Å²) >= 11 is 0. The molecule has 0 aromatic heterocycles. The van der Waals surface area contributed by atoms with E-state index in [1.165, 1.54) is 0 Å². The van der Waals surface area contributed by atoms with Crippen LogP contribution in [0.2, 0.25) is 0 Å². The van der Waals surface area contributed by atoms with Gasteiger partial charge in [0.25, 0.3) is 0 Å². The quantitative estimate of drug-likeness (QED) is 0.670. The fraction of sp³-hybridized carbons (Fsp3) is 0.900. The molecule has 0 spiro atoms. The van der Waals surface area contributed by atoms with E-state index in [4.69, 9.17) is 0 Å². The maximum Gasteiger partial charge on any atom is 0.229 e. The number of nitrogens with zero attached hydrogens (tertiary/aromatic N) is 2. The number of β-amino-alcohol motifs (C(OH)–C–C–N with tert-alkyl or cyclic N) is 1. The fourth-order valence-corrected chi connectivity index (χ4v) is 1.81. The van der Waals surface area contributed by atoms with Crippen molar-refractivity contribution < 1.29 is 9.90 Å². The largest absolute Gasteiger partial charge is 0.391 e. The number of carbonyl (C=O) groups excluding carboxylic acids is 1. The first-order valence-electron chi connectivity index (χ1n) is 5.06. The first kappa shape index (κ1) is 11.5. The Morgan fingerprint density at radius 2 is 2.00 bits per heavy atom. The highest BCUT2D eigenvalue weighted by atomic mass is 16.3. The van der Waals surface area contributed by atoms with Gasteiger partial charge in [-0.2, -0.15) is 0 Å². The van der Waals surface area contributed by atoms with Crippen LogP contribution < -0.4 is 0 Å². The molecule has 0 aliphatic carbocycles. The molecule has 1 fully saturated rings. The molecule has 82 valence electrons. The summed E-state index contributed by atoms with van der Waals surface area (Å²) < 4.78 is 0. The first-order chi connectivity index (χ1) is 6.43. The molecule has 1 aliphatic rings. The van der Waals surface area contributed by atoms with E-state index in [0.717, 1.165) is 0 Å². The minimum absolute atomic E-state index is 0.0284. The van der Waals surface area contributed by atoms with Crippen molar-refractivity contribution >= 4 is 5.91 Å². The van der Waals surface area contributed by atoms with E-state index in [1.807, 2.05) is 0 Å². The highest BCUT2D eigenvalue weighted by Crippen LogP contribution is 2.20. The maximum absolute atomic E-state index is 11.7. The number of aliphatic hydroxyl groups excluding tert-OH is 1. The lowest BCUT2D eigenvalue weighted by atomic mass is 10.1. The van der Waals surface area contributed by atoms with Crippen LogP contribution in [0.15, 0.2) is 0 Å². The van der Waals surface area contributed by atoms with Gasteiger partial charge in [-0.15, -0.1) is 0 Å². The zero-order valence-electron chi connectivity index (χ0n) is 9.40. The second kappa shape index (κ2) is 4.28. The summed E-state index contributed by atoms with van der Waals surface area (Å²) in [7, 11) is 3.46. The Morgan fingerprint density at radius 3 is 2.36 bits per heavy atom. The molecule has 0 aromatic rings. The lowest BCUT2D eigenvalue weighted by Crippen LogP contribution is -2.36. The molecular formula is C10H20N2O2. The van der Waals surface area contributed by atoms with Crippen LogP contribution in [0.1, 0.15) is 13.8 Å². The lowest BCUT2D eigenvalue weighted by molar-refractivity contribution is -0.135. The standard InChI is InChI=1S/C10H20N2O2/c1-7(2)12-5-8(9(13)6-12)10(14)11(3)4/h7-9,13H,5-6H2,1-4H3. The second-order valence-corrected chi connectivity index (χ2v) is 4.45. The summed E-state index contributed by atoms with van der Waals surface area (Å²) in [5, 5.41) is 9.74. The summed E-state index contributed by atoms with van der Waals surface area (Å²) in [6.45, 7) is 5.45. The monoisotopic (exact) mass is 200 g/mol. The van der Waals surface area contributed by atoms with Crippen LogP contribution in [0, 0.1) is 5.92 Å². The van der Waals surface area contributed by atoms with Crippen molar-refractivity contribution in [1.29, 1.82) is 0 Å². The number of hydrogen-bond donors (Lipinski definition) is 1.